The Bertz CT molecular complexity index is 805. The molecule has 0 aromatic heterocycles. The van der Waals surface area contributed by atoms with Crippen LogP contribution in [0.25, 0.3) is 0 Å². The van der Waals surface area contributed by atoms with Crippen molar-refractivity contribution in [2.75, 3.05) is 6.61 Å². The maximum absolute atomic E-state index is 12.8. The van der Waals surface area contributed by atoms with Crippen LogP contribution in [0.1, 0.15) is 110 Å². The molecule has 0 spiro atoms. The van der Waals surface area contributed by atoms with Crippen LogP contribution >= 0.6 is 0 Å². The second-order valence-corrected chi connectivity index (χ2v) is 12.0. The van der Waals surface area contributed by atoms with E-state index in [1.165, 1.54) is 83.5 Å². The van der Waals surface area contributed by atoms with Gasteiger partial charge < -0.3 is 9.47 Å². The van der Waals surface area contributed by atoms with Crippen molar-refractivity contribution >= 4 is 5.97 Å². The van der Waals surface area contributed by atoms with E-state index in [1.54, 1.807) is 0 Å². The Labute approximate surface area is 220 Å². The largest absolute Gasteiger partial charge is 0.490 e. The highest BCUT2D eigenvalue weighted by molar-refractivity contribution is 5.75. The fourth-order valence-corrected chi connectivity index (χ4v) is 7.44. The molecule has 3 saturated carbocycles. The molecule has 4 unspecified atom stereocenters. The second kappa shape index (κ2) is 14.2. The maximum atomic E-state index is 12.8. The van der Waals surface area contributed by atoms with Crippen molar-refractivity contribution in [2.45, 2.75) is 110 Å². The number of ether oxygens (including phenoxy) is 2. The number of rotatable bonds is 11. The third-order valence-electron chi connectivity index (χ3n) is 9.62. The van der Waals surface area contributed by atoms with Gasteiger partial charge >= 0.3 is 5.97 Å². The van der Waals surface area contributed by atoms with Gasteiger partial charge in [0.05, 0.1) is 5.92 Å². The van der Waals surface area contributed by atoms with Gasteiger partial charge in [-0.1, -0.05) is 57.6 Å². The number of allylic oxidation sites excluding steroid dienone is 1. The van der Waals surface area contributed by atoms with Crippen LogP contribution in [0.5, 0.6) is 11.5 Å². The predicted octanol–water partition coefficient (Wildman–Crippen LogP) is 9.16. The van der Waals surface area contributed by atoms with Gasteiger partial charge in [0.2, 0.25) is 0 Å². The minimum absolute atomic E-state index is 0.0444. The first-order chi connectivity index (χ1) is 17.7. The Balaban J connectivity index is 1.16. The molecule has 3 aliphatic rings. The van der Waals surface area contributed by atoms with Gasteiger partial charge in [-0.25, -0.2) is 0 Å². The van der Waals surface area contributed by atoms with E-state index in [1.807, 2.05) is 43.3 Å². The lowest BCUT2D eigenvalue weighted by molar-refractivity contribution is -0.140. The molecule has 1 aromatic rings. The van der Waals surface area contributed by atoms with Crippen molar-refractivity contribution in [1.82, 2.24) is 0 Å². The molecule has 1 aromatic carbocycles. The number of hydrogen-bond acceptors (Lipinski definition) is 3. The summed E-state index contributed by atoms with van der Waals surface area (Å²) in [5.74, 6) is 6.19. The lowest BCUT2D eigenvalue weighted by Gasteiger charge is -2.45. The van der Waals surface area contributed by atoms with Crippen molar-refractivity contribution < 1.29 is 14.3 Å². The number of carbonyl (C=O) groups is 1. The minimum Gasteiger partial charge on any atom is -0.490 e. The lowest BCUT2D eigenvalue weighted by Crippen LogP contribution is -2.35. The van der Waals surface area contributed by atoms with Crippen LogP contribution in [-0.4, -0.2) is 12.6 Å². The fraction of sp³-hybridized carbons (Fsp3) is 0.727. The molecule has 3 fully saturated rings. The number of fused-ring (bicyclic) bond motifs is 1. The molecule has 4 atom stereocenters. The van der Waals surface area contributed by atoms with E-state index < -0.39 is 0 Å². The molecule has 3 aliphatic carbocycles. The third kappa shape index (κ3) is 7.86. The van der Waals surface area contributed by atoms with E-state index >= 15 is 0 Å². The summed E-state index contributed by atoms with van der Waals surface area (Å²) < 4.78 is 11.4. The Morgan fingerprint density at radius 2 is 1.44 bits per heavy atom. The molecule has 4 rings (SSSR count). The maximum Gasteiger partial charge on any atom is 0.314 e. The van der Waals surface area contributed by atoms with Crippen LogP contribution in [0.3, 0.4) is 0 Å². The Hall–Kier alpha value is -1.77. The monoisotopic (exact) mass is 494 g/mol. The Morgan fingerprint density at radius 3 is 2.17 bits per heavy atom. The number of hydrogen-bond donors (Lipinski definition) is 0. The highest BCUT2D eigenvalue weighted by atomic mass is 16.5. The summed E-state index contributed by atoms with van der Waals surface area (Å²) in [4.78, 5) is 12.8. The first kappa shape index (κ1) is 27.3. The molecule has 0 N–H and O–H groups in total. The topological polar surface area (TPSA) is 35.5 Å². The molecular weight excluding hydrogens is 444 g/mol. The van der Waals surface area contributed by atoms with Gasteiger partial charge in [0.25, 0.3) is 0 Å². The second-order valence-electron chi connectivity index (χ2n) is 12.0. The highest BCUT2D eigenvalue weighted by Crippen LogP contribution is 2.49. The van der Waals surface area contributed by atoms with Crippen LogP contribution in [0.4, 0.5) is 0 Å². The van der Waals surface area contributed by atoms with Gasteiger partial charge in [-0.2, -0.15) is 0 Å². The van der Waals surface area contributed by atoms with Gasteiger partial charge in [0.1, 0.15) is 18.1 Å². The van der Waals surface area contributed by atoms with Crippen molar-refractivity contribution in [1.29, 1.82) is 0 Å². The molecule has 0 amide bonds. The molecule has 200 valence electrons. The average molecular weight is 495 g/mol. The van der Waals surface area contributed by atoms with E-state index in [2.05, 4.69) is 6.92 Å². The summed E-state index contributed by atoms with van der Waals surface area (Å²) in [5, 5.41) is 0. The van der Waals surface area contributed by atoms with Gasteiger partial charge in [0, 0.05) is 0 Å². The van der Waals surface area contributed by atoms with Crippen LogP contribution in [0.15, 0.2) is 36.4 Å². The molecule has 0 heterocycles. The van der Waals surface area contributed by atoms with E-state index in [0.717, 1.165) is 48.2 Å². The fourth-order valence-electron chi connectivity index (χ4n) is 7.44. The number of esters is 1. The quantitative estimate of drug-likeness (QED) is 0.133. The first-order valence-electron chi connectivity index (χ1n) is 15.2. The number of unbranched alkanes of at least 4 members (excludes halogenated alkanes) is 3. The smallest absolute Gasteiger partial charge is 0.314 e. The Morgan fingerprint density at radius 1 is 0.806 bits per heavy atom. The van der Waals surface area contributed by atoms with Crippen LogP contribution < -0.4 is 9.47 Å². The number of benzene rings is 1. The molecule has 3 nitrogen and oxygen atoms in total. The van der Waals surface area contributed by atoms with Crippen molar-refractivity contribution in [2.24, 2.45) is 35.5 Å². The zero-order valence-electron chi connectivity index (χ0n) is 23.0. The van der Waals surface area contributed by atoms with Crippen molar-refractivity contribution in [3.05, 3.63) is 36.4 Å². The molecular formula is C33H50O3. The van der Waals surface area contributed by atoms with E-state index in [9.17, 15) is 4.79 Å². The molecule has 0 aliphatic heterocycles. The zero-order valence-corrected chi connectivity index (χ0v) is 23.0. The summed E-state index contributed by atoms with van der Waals surface area (Å²) in [6.45, 7) is 4.84. The summed E-state index contributed by atoms with van der Waals surface area (Å²) in [5.41, 5.74) is 0. The molecule has 3 heteroatoms. The molecule has 0 saturated heterocycles. The summed E-state index contributed by atoms with van der Waals surface area (Å²) in [6, 6.07) is 7.43. The van der Waals surface area contributed by atoms with Crippen molar-refractivity contribution in [3.63, 3.8) is 0 Å². The standard InChI is InChI=1S/C33H50O3/c1-3-5-7-8-9-25-10-11-30-24-29(17-16-28(30)23-25)26-12-14-27(15-13-26)33(34)36-32-20-18-31(19-21-32)35-22-6-4-2/h4,6,18-21,25-30H,3,5,7-17,22-24H2,1-2H3/b6-4+. The van der Waals surface area contributed by atoms with E-state index in [0.29, 0.717) is 12.4 Å². The van der Waals surface area contributed by atoms with Gasteiger partial charge in [-0.15, -0.1) is 0 Å². The summed E-state index contributed by atoms with van der Waals surface area (Å²) >= 11 is 0. The first-order valence-corrected chi connectivity index (χ1v) is 15.2. The SMILES string of the molecule is C/C=C/COc1ccc(OC(=O)C2CCC(C3CCC4CC(CCCCCC)CCC4C3)CC2)cc1. The molecule has 0 radical (unpaired) electrons. The Kier molecular flexibility index (Phi) is 10.8. The van der Waals surface area contributed by atoms with E-state index in [4.69, 9.17) is 9.47 Å². The number of carbonyl (C=O) groups excluding carboxylic acids is 1. The van der Waals surface area contributed by atoms with E-state index in [-0.39, 0.29) is 11.9 Å². The van der Waals surface area contributed by atoms with Gasteiger partial charge in [0.15, 0.2) is 0 Å². The molecule has 0 bridgehead atoms. The van der Waals surface area contributed by atoms with Crippen LogP contribution in [0.2, 0.25) is 0 Å². The van der Waals surface area contributed by atoms with Gasteiger partial charge in [-0.3, -0.25) is 4.79 Å². The third-order valence-corrected chi connectivity index (χ3v) is 9.62. The average Bonchev–Trinajstić information content (AvgIpc) is 2.92. The zero-order chi connectivity index (χ0) is 25.2. The summed E-state index contributed by atoms with van der Waals surface area (Å²) in [6.07, 6.45) is 24.4. The normalized spacial score (nSPS) is 30.6. The predicted molar refractivity (Wildman–Crippen MR) is 148 cm³/mol. The minimum atomic E-state index is -0.0444. The van der Waals surface area contributed by atoms with Crippen molar-refractivity contribution in [3.8, 4) is 11.5 Å². The highest BCUT2D eigenvalue weighted by Gasteiger charge is 2.39. The van der Waals surface area contributed by atoms with Gasteiger partial charge in [-0.05, 0) is 119 Å². The summed E-state index contributed by atoms with van der Waals surface area (Å²) in [7, 11) is 0. The van der Waals surface area contributed by atoms with Crippen LogP contribution in [0, 0.1) is 35.5 Å². The van der Waals surface area contributed by atoms with Crippen LogP contribution in [-0.2, 0) is 4.79 Å². The molecule has 36 heavy (non-hydrogen) atoms. The lowest BCUT2D eigenvalue weighted by atomic mass is 9.60.